The molecule has 4 atom stereocenters. The monoisotopic (exact) mass is 407 g/mol. The van der Waals surface area contributed by atoms with Crippen LogP contribution in [0.2, 0.25) is 0 Å². The lowest BCUT2D eigenvalue weighted by molar-refractivity contribution is -0.128. The van der Waals surface area contributed by atoms with Crippen LogP contribution >= 0.6 is 0 Å². The maximum atomic E-state index is 11.6. The van der Waals surface area contributed by atoms with E-state index in [1.165, 1.54) is 16.7 Å². The van der Waals surface area contributed by atoms with Gasteiger partial charge >= 0.3 is 0 Å². The van der Waals surface area contributed by atoms with Gasteiger partial charge in [-0.15, -0.1) is 0 Å². The van der Waals surface area contributed by atoms with E-state index < -0.39 is 0 Å². The Morgan fingerprint density at radius 1 is 1.23 bits per heavy atom. The first-order chi connectivity index (χ1) is 14.4. The van der Waals surface area contributed by atoms with Gasteiger partial charge in [-0.3, -0.25) is 4.79 Å². The van der Waals surface area contributed by atoms with Crippen molar-refractivity contribution >= 4 is 5.91 Å². The number of aliphatic hydroxyl groups is 1. The zero-order chi connectivity index (χ0) is 21.5. The third-order valence-corrected chi connectivity index (χ3v) is 6.53. The third-order valence-electron chi connectivity index (χ3n) is 6.53. The van der Waals surface area contributed by atoms with Gasteiger partial charge in [-0.25, -0.2) is 0 Å². The van der Waals surface area contributed by atoms with Gasteiger partial charge < -0.3 is 10.0 Å². The van der Waals surface area contributed by atoms with E-state index in [1.807, 2.05) is 14.1 Å². The molecular formula is C27H37NO2. The molecule has 0 aromatic heterocycles. The van der Waals surface area contributed by atoms with E-state index in [9.17, 15) is 9.90 Å². The third kappa shape index (κ3) is 6.18. The van der Waals surface area contributed by atoms with E-state index in [0.29, 0.717) is 18.3 Å². The number of unbranched alkanes of at least 4 members (excludes halogenated alkanes) is 1. The summed E-state index contributed by atoms with van der Waals surface area (Å²) in [6.45, 7) is 2.14. The number of benzene rings is 1. The number of hydrogen-bond donors (Lipinski definition) is 1. The fraction of sp³-hybridized carbons (Fsp3) is 0.519. The standard InChI is InChI=1S/C27H37NO2/c1-20-10-9-13-21(16-20)11-7-8-14-24-25-18-22(17-23(25)19-26(24)29)12-5-4-6-15-27(30)28(2)3/h5,8-10,12-14,16-17,23-26,29H,4,6-7,11,15,18-19H2,1-3H3/b12-5-,14-8+/t23-,24+,25-,26+/m0/s1. The van der Waals surface area contributed by atoms with Crippen molar-refractivity contribution < 1.29 is 9.90 Å². The second-order valence-electron chi connectivity index (χ2n) is 9.19. The highest BCUT2D eigenvalue weighted by atomic mass is 16.3. The predicted molar refractivity (Wildman–Crippen MR) is 124 cm³/mol. The number of carbonyl (C=O) groups is 1. The summed E-state index contributed by atoms with van der Waals surface area (Å²) in [7, 11) is 3.62. The molecule has 0 unspecified atom stereocenters. The first kappa shape index (κ1) is 22.6. The summed E-state index contributed by atoms with van der Waals surface area (Å²) in [5, 5.41) is 10.5. The first-order valence-electron chi connectivity index (χ1n) is 11.4. The minimum atomic E-state index is -0.214. The molecular weight excluding hydrogens is 370 g/mol. The van der Waals surface area contributed by atoms with E-state index in [0.717, 1.165) is 38.5 Å². The molecule has 30 heavy (non-hydrogen) atoms. The number of fused-ring (bicyclic) bond motifs is 1. The van der Waals surface area contributed by atoms with Gasteiger partial charge in [0, 0.05) is 26.4 Å². The Balaban J connectivity index is 1.44. The Bertz CT molecular complexity index is 805. The van der Waals surface area contributed by atoms with Crippen LogP contribution in [-0.2, 0) is 11.2 Å². The van der Waals surface area contributed by atoms with Crippen molar-refractivity contribution in [2.45, 2.75) is 58.0 Å². The van der Waals surface area contributed by atoms with Gasteiger partial charge in [0.1, 0.15) is 0 Å². The Kier molecular flexibility index (Phi) is 8.09. The number of carbonyl (C=O) groups excluding carboxylic acids is 1. The summed E-state index contributed by atoms with van der Waals surface area (Å²) in [6, 6.07) is 8.71. The van der Waals surface area contributed by atoms with Gasteiger partial charge in [-0.2, -0.15) is 0 Å². The normalized spacial score (nSPS) is 25.8. The molecule has 3 heteroatoms. The number of allylic oxidation sites excluding steroid dienone is 5. The van der Waals surface area contributed by atoms with Crippen molar-refractivity contribution in [1.29, 1.82) is 0 Å². The van der Waals surface area contributed by atoms with E-state index in [1.54, 1.807) is 4.90 Å². The molecule has 1 saturated carbocycles. The molecule has 1 N–H and O–H groups in total. The van der Waals surface area contributed by atoms with Crippen molar-refractivity contribution in [3.8, 4) is 0 Å². The summed E-state index contributed by atoms with van der Waals surface area (Å²) < 4.78 is 0. The average molecular weight is 408 g/mol. The highest BCUT2D eigenvalue weighted by Crippen LogP contribution is 2.47. The maximum Gasteiger partial charge on any atom is 0.222 e. The molecule has 3 rings (SSSR count). The molecule has 0 bridgehead atoms. The molecule has 162 valence electrons. The van der Waals surface area contributed by atoms with Crippen molar-refractivity contribution in [2.24, 2.45) is 17.8 Å². The Hall–Kier alpha value is -2.13. The SMILES string of the molecule is Cc1cccc(CC/C=C/[C@@H]2[C@H]3CC(/C=C\CCCC(=O)N(C)C)=C[C@H]3C[C@H]2O)c1. The van der Waals surface area contributed by atoms with Crippen LogP contribution in [0.4, 0.5) is 0 Å². The van der Waals surface area contributed by atoms with Crippen LogP contribution in [0.1, 0.15) is 49.7 Å². The summed E-state index contributed by atoms with van der Waals surface area (Å²) in [4.78, 5) is 13.3. The molecule has 3 nitrogen and oxygen atoms in total. The smallest absolute Gasteiger partial charge is 0.222 e. The van der Waals surface area contributed by atoms with Gasteiger partial charge in [0.2, 0.25) is 5.91 Å². The predicted octanol–water partition coefficient (Wildman–Crippen LogP) is 5.24. The van der Waals surface area contributed by atoms with Crippen LogP contribution in [0.5, 0.6) is 0 Å². The first-order valence-corrected chi connectivity index (χ1v) is 11.4. The summed E-state index contributed by atoms with van der Waals surface area (Å²) in [5.41, 5.74) is 4.09. The maximum absolute atomic E-state index is 11.6. The molecule has 0 spiro atoms. The number of hydrogen-bond acceptors (Lipinski definition) is 2. The molecule has 0 radical (unpaired) electrons. The van der Waals surface area contributed by atoms with Gasteiger partial charge in [0.15, 0.2) is 0 Å². The highest BCUT2D eigenvalue weighted by molar-refractivity contribution is 5.75. The van der Waals surface area contributed by atoms with Crippen LogP contribution in [0.25, 0.3) is 0 Å². The van der Waals surface area contributed by atoms with Gasteiger partial charge in [0.05, 0.1) is 6.10 Å². The highest BCUT2D eigenvalue weighted by Gasteiger charge is 2.42. The van der Waals surface area contributed by atoms with Crippen LogP contribution in [0.3, 0.4) is 0 Å². The van der Waals surface area contributed by atoms with E-state index in [-0.39, 0.29) is 17.9 Å². The Morgan fingerprint density at radius 3 is 2.83 bits per heavy atom. The van der Waals surface area contributed by atoms with E-state index in [2.05, 4.69) is 61.6 Å². The van der Waals surface area contributed by atoms with Crippen molar-refractivity contribution in [2.75, 3.05) is 14.1 Å². The van der Waals surface area contributed by atoms with Crippen molar-refractivity contribution in [3.63, 3.8) is 0 Å². The zero-order valence-electron chi connectivity index (χ0n) is 18.8. The molecule has 2 aliphatic carbocycles. The molecule has 1 amide bonds. The largest absolute Gasteiger partial charge is 0.392 e. The molecule has 0 saturated heterocycles. The molecule has 1 aromatic rings. The fourth-order valence-corrected chi connectivity index (χ4v) is 4.87. The lowest BCUT2D eigenvalue weighted by Gasteiger charge is -2.17. The Morgan fingerprint density at radius 2 is 2.07 bits per heavy atom. The second kappa shape index (κ2) is 10.8. The van der Waals surface area contributed by atoms with Gasteiger partial charge in [-0.05, 0) is 62.8 Å². The summed E-state index contributed by atoms with van der Waals surface area (Å²) in [6.07, 6.45) is 17.6. The average Bonchev–Trinajstić information content (AvgIpc) is 3.21. The number of aliphatic hydroxyl groups excluding tert-OH is 1. The Labute approximate surface area is 182 Å². The summed E-state index contributed by atoms with van der Waals surface area (Å²) >= 11 is 0. The van der Waals surface area contributed by atoms with Gasteiger partial charge in [-0.1, -0.05) is 65.8 Å². The van der Waals surface area contributed by atoms with Crippen LogP contribution in [0, 0.1) is 24.7 Å². The topological polar surface area (TPSA) is 40.5 Å². The minimum absolute atomic E-state index is 0.198. The van der Waals surface area contributed by atoms with Crippen LogP contribution in [0.15, 0.2) is 60.2 Å². The van der Waals surface area contributed by atoms with Crippen molar-refractivity contribution in [3.05, 3.63) is 71.3 Å². The van der Waals surface area contributed by atoms with Crippen molar-refractivity contribution in [1.82, 2.24) is 4.90 Å². The quantitative estimate of drug-likeness (QED) is 0.449. The fourth-order valence-electron chi connectivity index (χ4n) is 4.87. The van der Waals surface area contributed by atoms with E-state index in [4.69, 9.17) is 0 Å². The lowest BCUT2D eigenvalue weighted by Crippen LogP contribution is -2.20. The van der Waals surface area contributed by atoms with Crippen LogP contribution in [-0.4, -0.2) is 36.1 Å². The lowest BCUT2D eigenvalue weighted by atomic mass is 9.89. The molecule has 1 fully saturated rings. The number of nitrogens with zero attached hydrogens (tertiary/aromatic N) is 1. The minimum Gasteiger partial charge on any atom is -0.392 e. The number of aryl methyl sites for hydroxylation is 2. The second-order valence-corrected chi connectivity index (χ2v) is 9.19. The number of rotatable bonds is 9. The molecule has 2 aliphatic rings. The number of amides is 1. The zero-order valence-corrected chi connectivity index (χ0v) is 18.8. The van der Waals surface area contributed by atoms with Crippen LogP contribution < -0.4 is 0 Å². The molecule has 0 aliphatic heterocycles. The molecule has 1 aromatic carbocycles. The summed E-state index contributed by atoms with van der Waals surface area (Å²) in [5.74, 6) is 1.50. The van der Waals surface area contributed by atoms with Gasteiger partial charge in [0.25, 0.3) is 0 Å². The molecule has 0 heterocycles. The van der Waals surface area contributed by atoms with E-state index >= 15 is 0 Å².